The van der Waals surface area contributed by atoms with Gasteiger partial charge < -0.3 is 4.74 Å². The number of hydrogen-bond acceptors (Lipinski definition) is 6. The summed E-state index contributed by atoms with van der Waals surface area (Å²) in [7, 11) is 2.56. The van der Waals surface area contributed by atoms with Crippen LogP contribution in [0, 0.1) is 0 Å². The molecule has 0 unspecified atom stereocenters. The summed E-state index contributed by atoms with van der Waals surface area (Å²) < 4.78 is 7.83. The summed E-state index contributed by atoms with van der Waals surface area (Å²) in [6, 6.07) is -0.294. The van der Waals surface area contributed by atoms with Gasteiger partial charge in [-0.3, -0.25) is 4.79 Å². The molecule has 1 N–H and O–H groups in total. The van der Waals surface area contributed by atoms with E-state index in [0.29, 0.717) is 0 Å². The maximum Gasteiger partial charge on any atom is 0.323 e. The van der Waals surface area contributed by atoms with Gasteiger partial charge in [0.15, 0.2) is 0 Å². The summed E-state index contributed by atoms with van der Waals surface area (Å²) in [4.78, 5) is 11.1. The summed E-state index contributed by atoms with van der Waals surface area (Å²) in [6.45, 7) is 5.40. The SMILES string of the molecule is CC(C)OC(=O)[C@H](C)NSSS. The summed E-state index contributed by atoms with van der Waals surface area (Å²) in [6.07, 6.45) is -0.0598. The fraction of sp³-hybridized carbons (Fsp3) is 0.833. The van der Waals surface area contributed by atoms with E-state index in [1.807, 2.05) is 13.8 Å². The van der Waals surface area contributed by atoms with Crippen LogP contribution in [0.4, 0.5) is 0 Å². The number of esters is 1. The number of thiol groups is 1. The predicted octanol–water partition coefficient (Wildman–Crippen LogP) is 2.06. The Morgan fingerprint density at radius 2 is 2.08 bits per heavy atom. The largest absolute Gasteiger partial charge is 0.462 e. The van der Waals surface area contributed by atoms with Crippen LogP contribution < -0.4 is 4.72 Å². The number of nitrogens with one attached hydrogen (secondary N) is 1. The van der Waals surface area contributed by atoms with E-state index in [1.165, 1.54) is 20.8 Å². The van der Waals surface area contributed by atoms with Gasteiger partial charge in [-0.2, -0.15) is 0 Å². The molecule has 3 nitrogen and oxygen atoms in total. The molecule has 0 saturated heterocycles. The first-order valence-corrected chi connectivity index (χ1v) is 6.71. The van der Waals surface area contributed by atoms with Crippen molar-refractivity contribution in [2.24, 2.45) is 0 Å². The summed E-state index contributed by atoms with van der Waals surface area (Å²) >= 11 is 3.90. The smallest absolute Gasteiger partial charge is 0.323 e. The molecule has 0 rings (SSSR count). The second kappa shape index (κ2) is 6.94. The molecule has 0 radical (unpaired) electrons. The van der Waals surface area contributed by atoms with Crippen LogP contribution >= 0.6 is 32.5 Å². The third-order valence-electron chi connectivity index (χ3n) is 0.968. The number of ether oxygens (including phenoxy) is 1. The van der Waals surface area contributed by atoms with Gasteiger partial charge in [-0.1, -0.05) is 11.7 Å². The van der Waals surface area contributed by atoms with Crippen LogP contribution in [0.15, 0.2) is 0 Å². The number of rotatable bonds is 5. The molecule has 0 amide bonds. The van der Waals surface area contributed by atoms with Crippen LogP contribution in [0.5, 0.6) is 0 Å². The second-order valence-electron chi connectivity index (χ2n) is 2.48. The third kappa shape index (κ3) is 6.05. The van der Waals surface area contributed by atoms with E-state index in [-0.39, 0.29) is 18.1 Å². The Morgan fingerprint density at radius 3 is 2.50 bits per heavy atom. The van der Waals surface area contributed by atoms with Crippen LogP contribution in [0.1, 0.15) is 20.8 Å². The highest BCUT2D eigenvalue weighted by molar-refractivity contribution is 9.05. The Balaban J connectivity index is 3.61. The van der Waals surface area contributed by atoms with Crippen LogP contribution in [0.2, 0.25) is 0 Å². The molecule has 72 valence electrons. The first-order valence-electron chi connectivity index (χ1n) is 3.51. The van der Waals surface area contributed by atoms with Gasteiger partial charge in [0, 0.05) is 11.0 Å². The highest BCUT2D eigenvalue weighted by Gasteiger charge is 2.14. The molecule has 0 aromatic rings. The minimum atomic E-state index is -0.294. The highest BCUT2D eigenvalue weighted by Crippen LogP contribution is 2.21. The van der Waals surface area contributed by atoms with Gasteiger partial charge in [0.1, 0.15) is 6.04 Å². The maximum absolute atomic E-state index is 11.1. The minimum Gasteiger partial charge on any atom is -0.462 e. The summed E-state index contributed by atoms with van der Waals surface area (Å²) in [5, 5.41) is 0. The number of hydrogen-bond donors (Lipinski definition) is 2. The monoisotopic (exact) mass is 227 g/mol. The van der Waals surface area contributed by atoms with Gasteiger partial charge in [0.2, 0.25) is 0 Å². The van der Waals surface area contributed by atoms with Gasteiger partial charge in [-0.05, 0) is 30.6 Å². The van der Waals surface area contributed by atoms with Gasteiger partial charge in [-0.25, -0.2) is 4.72 Å². The Morgan fingerprint density at radius 1 is 1.50 bits per heavy atom. The van der Waals surface area contributed by atoms with Gasteiger partial charge in [0.25, 0.3) is 0 Å². The van der Waals surface area contributed by atoms with Crippen LogP contribution in [-0.4, -0.2) is 18.1 Å². The lowest BCUT2D eigenvalue weighted by Gasteiger charge is -2.13. The van der Waals surface area contributed by atoms with Gasteiger partial charge in [0.05, 0.1) is 6.10 Å². The molecule has 12 heavy (non-hydrogen) atoms. The number of carbonyl (C=O) groups excluding carboxylic acids is 1. The standard InChI is InChI=1S/C6H13NO2S3/c1-4(2)9-6(8)5(3)7-11-12-10/h4-5,7,10H,1-3H3/t5-/m0/s1. The summed E-state index contributed by atoms with van der Waals surface area (Å²) in [5.74, 6) is -0.236. The average molecular weight is 227 g/mol. The topological polar surface area (TPSA) is 38.3 Å². The normalized spacial score (nSPS) is 13.1. The van der Waals surface area contributed by atoms with E-state index in [4.69, 9.17) is 4.74 Å². The Labute approximate surface area is 85.7 Å². The number of carbonyl (C=O) groups is 1. The van der Waals surface area contributed by atoms with Crippen molar-refractivity contribution in [2.75, 3.05) is 0 Å². The highest BCUT2D eigenvalue weighted by atomic mass is 33.5. The molecule has 0 spiro atoms. The molecule has 6 heteroatoms. The molecular weight excluding hydrogens is 214 g/mol. The van der Waals surface area contributed by atoms with Crippen LogP contribution in [-0.2, 0) is 9.53 Å². The zero-order valence-electron chi connectivity index (χ0n) is 7.23. The molecule has 0 aliphatic carbocycles. The first kappa shape index (κ1) is 12.5. The Kier molecular flexibility index (Phi) is 7.22. The van der Waals surface area contributed by atoms with E-state index in [0.717, 1.165) is 0 Å². The van der Waals surface area contributed by atoms with Crippen molar-refractivity contribution in [2.45, 2.75) is 32.9 Å². The van der Waals surface area contributed by atoms with E-state index >= 15 is 0 Å². The van der Waals surface area contributed by atoms with E-state index < -0.39 is 0 Å². The van der Waals surface area contributed by atoms with E-state index in [2.05, 4.69) is 16.4 Å². The molecule has 0 heterocycles. The molecule has 0 bridgehead atoms. The lowest BCUT2D eigenvalue weighted by atomic mass is 10.4. The van der Waals surface area contributed by atoms with Crippen molar-refractivity contribution in [3.63, 3.8) is 0 Å². The Hall–Kier alpha value is 0.480. The van der Waals surface area contributed by atoms with Crippen molar-refractivity contribution in [3.05, 3.63) is 0 Å². The van der Waals surface area contributed by atoms with Crippen molar-refractivity contribution < 1.29 is 9.53 Å². The van der Waals surface area contributed by atoms with Crippen molar-refractivity contribution in [1.29, 1.82) is 0 Å². The molecule has 0 fully saturated rings. The molecule has 0 saturated carbocycles. The van der Waals surface area contributed by atoms with Crippen LogP contribution in [0.3, 0.4) is 0 Å². The van der Waals surface area contributed by atoms with E-state index in [1.54, 1.807) is 6.92 Å². The van der Waals surface area contributed by atoms with Crippen LogP contribution in [0.25, 0.3) is 0 Å². The molecule has 0 aliphatic rings. The summed E-state index contributed by atoms with van der Waals surface area (Å²) in [5.41, 5.74) is 0. The zero-order chi connectivity index (χ0) is 9.56. The fourth-order valence-electron chi connectivity index (χ4n) is 0.476. The average Bonchev–Trinajstić information content (AvgIpc) is 1.98. The van der Waals surface area contributed by atoms with Crippen molar-refractivity contribution in [3.8, 4) is 0 Å². The fourth-order valence-corrected chi connectivity index (χ4v) is 1.71. The lowest BCUT2D eigenvalue weighted by molar-refractivity contribution is -0.148. The Bertz CT molecular complexity index is 143. The first-order chi connectivity index (χ1) is 5.57. The minimum absolute atomic E-state index is 0.0598. The van der Waals surface area contributed by atoms with Crippen molar-refractivity contribution in [1.82, 2.24) is 4.72 Å². The molecule has 0 aliphatic heterocycles. The zero-order valence-corrected chi connectivity index (χ0v) is 9.76. The molecule has 1 atom stereocenters. The van der Waals surface area contributed by atoms with Crippen molar-refractivity contribution >= 4 is 38.4 Å². The molecule has 0 aromatic heterocycles. The maximum atomic E-state index is 11.1. The van der Waals surface area contributed by atoms with Gasteiger partial charge in [-0.15, -0.1) is 0 Å². The molecule has 0 aromatic carbocycles. The quantitative estimate of drug-likeness (QED) is 0.325. The predicted molar refractivity (Wildman–Crippen MR) is 58.0 cm³/mol. The third-order valence-corrected chi connectivity index (χ3v) is 2.67. The second-order valence-corrected chi connectivity index (χ2v) is 5.32. The van der Waals surface area contributed by atoms with E-state index in [9.17, 15) is 4.79 Å². The lowest BCUT2D eigenvalue weighted by Crippen LogP contribution is -2.32. The molecular formula is C6H13NO2S3. The van der Waals surface area contributed by atoms with Gasteiger partial charge >= 0.3 is 5.97 Å².